The summed E-state index contributed by atoms with van der Waals surface area (Å²) in [6.07, 6.45) is 0. The summed E-state index contributed by atoms with van der Waals surface area (Å²) in [6.45, 7) is 2.32. The smallest absolute Gasteiger partial charge is 0.262 e. The fourth-order valence-electron chi connectivity index (χ4n) is 2.99. The minimum atomic E-state index is -0.345. The molecule has 4 rings (SSSR count). The van der Waals surface area contributed by atoms with Crippen molar-refractivity contribution in [2.75, 3.05) is 23.8 Å². The van der Waals surface area contributed by atoms with Crippen LogP contribution in [-0.2, 0) is 4.79 Å². The molecule has 0 unspecified atom stereocenters. The Morgan fingerprint density at radius 2 is 1.70 bits per heavy atom. The van der Waals surface area contributed by atoms with E-state index in [1.807, 2.05) is 19.1 Å². The van der Waals surface area contributed by atoms with Crippen molar-refractivity contribution >= 4 is 23.2 Å². The molecular formula is C23H20N2O5. The first-order valence-corrected chi connectivity index (χ1v) is 9.50. The van der Waals surface area contributed by atoms with Crippen LogP contribution < -0.4 is 24.8 Å². The highest BCUT2D eigenvalue weighted by atomic mass is 16.5. The van der Waals surface area contributed by atoms with Crippen molar-refractivity contribution in [2.24, 2.45) is 0 Å². The molecular weight excluding hydrogens is 384 g/mol. The van der Waals surface area contributed by atoms with Gasteiger partial charge in [0.2, 0.25) is 0 Å². The predicted molar refractivity (Wildman–Crippen MR) is 113 cm³/mol. The quantitative estimate of drug-likeness (QED) is 0.634. The number of carbonyl (C=O) groups is 2. The van der Waals surface area contributed by atoms with Crippen molar-refractivity contribution in [1.29, 1.82) is 0 Å². The van der Waals surface area contributed by atoms with Gasteiger partial charge in [-0.25, -0.2) is 0 Å². The maximum Gasteiger partial charge on any atom is 0.262 e. The number of benzene rings is 3. The van der Waals surface area contributed by atoms with Crippen LogP contribution in [0.4, 0.5) is 11.4 Å². The Balaban J connectivity index is 1.40. The van der Waals surface area contributed by atoms with Crippen LogP contribution in [0.2, 0.25) is 0 Å². The van der Waals surface area contributed by atoms with Crippen LogP contribution in [0.3, 0.4) is 0 Å². The van der Waals surface area contributed by atoms with Crippen molar-refractivity contribution in [3.8, 4) is 23.0 Å². The summed E-state index contributed by atoms with van der Waals surface area (Å²) < 4.78 is 16.7. The molecule has 3 aromatic carbocycles. The van der Waals surface area contributed by atoms with Crippen LogP contribution in [0.5, 0.6) is 23.0 Å². The van der Waals surface area contributed by atoms with Crippen molar-refractivity contribution in [3.05, 3.63) is 72.3 Å². The highest BCUT2D eigenvalue weighted by Gasteiger charge is 2.21. The lowest BCUT2D eigenvalue weighted by molar-refractivity contribution is -0.118. The minimum absolute atomic E-state index is 0.167. The molecule has 7 heteroatoms. The zero-order valence-electron chi connectivity index (χ0n) is 16.3. The van der Waals surface area contributed by atoms with Gasteiger partial charge in [-0.3, -0.25) is 9.59 Å². The fraction of sp³-hybridized carbons (Fsp3) is 0.130. The molecule has 3 aromatic rings. The van der Waals surface area contributed by atoms with E-state index >= 15 is 0 Å². The molecule has 1 heterocycles. The molecule has 7 nitrogen and oxygen atoms in total. The molecule has 0 saturated heterocycles. The first kappa shape index (κ1) is 19.3. The molecule has 0 bridgehead atoms. The number of hydrogen-bond acceptors (Lipinski definition) is 5. The monoisotopic (exact) mass is 404 g/mol. The van der Waals surface area contributed by atoms with E-state index in [1.54, 1.807) is 54.6 Å². The van der Waals surface area contributed by atoms with Gasteiger partial charge in [0.05, 0.1) is 17.9 Å². The Morgan fingerprint density at radius 1 is 0.967 bits per heavy atom. The number of para-hydroxylation sites is 2. The van der Waals surface area contributed by atoms with Crippen LogP contribution in [0.15, 0.2) is 66.7 Å². The van der Waals surface area contributed by atoms with Crippen LogP contribution in [0.25, 0.3) is 0 Å². The Labute approximate surface area is 173 Å². The van der Waals surface area contributed by atoms with Gasteiger partial charge in [-0.2, -0.15) is 0 Å². The molecule has 2 N–H and O–H groups in total. The zero-order chi connectivity index (χ0) is 20.9. The fourth-order valence-corrected chi connectivity index (χ4v) is 2.99. The Bertz CT molecular complexity index is 1080. The molecule has 1 aliphatic heterocycles. The topological polar surface area (TPSA) is 85.9 Å². The third-order valence-corrected chi connectivity index (χ3v) is 4.37. The Kier molecular flexibility index (Phi) is 5.52. The van der Waals surface area contributed by atoms with Gasteiger partial charge in [0.15, 0.2) is 12.4 Å². The first-order valence-electron chi connectivity index (χ1n) is 9.50. The average molecular weight is 404 g/mol. The summed E-state index contributed by atoms with van der Waals surface area (Å²) in [5, 5.41) is 5.54. The van der Waals surface area contributed by atoms with E-state index in [0.717, 1.165) is 5.75 Å². The lowest BCUT2D eigenvalue weighted by atomic mass is 10.1. The van der Waals surface area contributed by atoms with Crippen molar-refractivity contribution in [3.63, 3.8) is 0 Å². The highest BCUT2D eigenvalue weighted by molar-refractivity contribution is 6.09. The summed E-state index contributed by atoms with van der Waals surface area (Å²) in [7, 11) is 0. The Hall–Kier alpha value is -4.00. The van der Waals surface area contributed by atoms with Gasteiger partial charge < -0.3 is 24.8 Å². The molecule has 0 radical (unpaired) electrons. The van der Waals surface area contributed by atoms with Crippen molar-refractivity contribution in [1.82, 2.24) is 0 Å². The van der Waals surface area contributed by atoms with E-state index in [2.05, 4.69) is 10.6 Å². The summed E-state index contributed by atoms with van der Waals surface area (Å²) >= 11 is 0. The lowest BCUT2D eigenvalue weighted by Crippen LogP contribution is -2.20. The Morgan fingerprint density at radius 3 is 2.47 bits per heavy atom. The summed E-state index contributed by atoms with van der Waals surface area (Å²) in [5.74, 6) is 1.62. The first-order chi connectivity index (χ1) is 14.6. The zero-order valence-corrected chi connectivity index (χ0v) is 16.3. The van der Waals surface area contributed by atoms with Crippen LogP contribution in [0, 0.1) is 0 Å². The van der Waals surface area contributed by atoms with E-state index in [4.69, 9.17) is 14.2 Å². The van der Waals surface area contributed by atoms with Crippen molar-refractivity contribution < 1.29 is 23.8 Å². The number of ether oxygens (including phenoxy) is 3. The third-order valence-electron chi connectivity index (χ3n) is 4.37. The number of rotatable bonds is 6. The minimum Gasteiger partial charge on any atom is -0.494 e. The normalized spacial score (nSPS) is 11.8. The van der Waals surface area contributed by atoms with Gasteiger partial charge in [0.1, 0.15) is 17.2 Å². The number of amides is 2. The van der Waals surface area contributed by atoms with E-state index < -0.39 is 0 Å². The number of anilines is 2. The van der Waals surface area contributed by atoms with Gasteiger partial charge in [-0.1, -0.05) is 12.1 Å². The molecule has 2 amide bonds. The number of carbonyl (C=O) groups excluding carboxylic acids is 2. The average Bonchev–Trinajstić information content (AvgIpc) is 2.89. The van der Waals surface area contributed by atoms with Gasteiger partial charge in [-0.05, 0) is 61.5 Å². The van der Waals surface area contributed by atoms with Crippen LogP contribution in [0.1, 0.15) is 17.3 Å². The summed E-state index contributed by atoms with van der Waals surface area (Å²) in [5.41, 5.74) is 1.39. The van der Waals surface area contributed by atoms with E-state index in [9.17, 15) is 9.59 Å². The summed E-state index contributed by atoms with van der Waals surface area (Å²) in [4.78, 5) is 24.8. The third kappa shape index (κ3) is 4.35. The second-order valence-corrected chi connectivity index (χ2v) is 6.50. The van der Waals surface area contributed by atoms with E-state index in [0.29, 0.717) is 40.8 Å². The molecule has 0 spiro atoms. The van der Waals surface area contributed by atoms with Gasteiger partial charge >= 0.3 is 0 Å². The molecule has 0 saturated carbocycles. The van der Waals surface area contributed by atoms with E-state index in [1.165, 1.54) is 0 Å². The van der Waals surface area contributed by atoms with Gasteiger partial charge in [-0.15, -0.1) is 0 Å². The highest BCUT2D eigenvalue weighted by Crippen LogP contribution is 2.36. The van der Waals surface area contributed by atoms with E-state index in [-0.39, 0.29) is 18.4 Å². The van der Waals surface area contributed by atoms with Crippen molar-refractivity contribution in [2.45, 2.75) is 6.92 Å². The number of nitrogens with one attached hydrogen (secondary N) is 2. The second-order valence-electron chi connectivity index (χ2n) is 6.50. The number of hydrogen-bond donors (Lipinski definition) is 2. The molecule has 152 valence electrons. The number of fused-ring (bicyclic) bond motifs is 2. The molecule has 0 aliphatic carbocycles. The largest absolute Gasteiger partial charge is 0.494 e. The summed E-state index contributed by atoms with van der Waals surface area (Å²) in [6, 6.07) is 19.1. The molecule has 0 aromatic heterocycles. The molecule has 30 heavy (non-hydrogen) atoms. The van der Waals surface area contributed by atoms with Crippen LogP contribution >= 0.6 is 0 Å². The second kappa shape index (κ2) is 8.57. The SMILES string of the molecule is CCOc1ccc(OCC(=O)Nc2ccc3c(c2)C(=O)Nc2ccccc2O3)cc1. The predicted octanol–water partition coefficient (Wildman–Crippen LogP) is 4.46. The van der Waals surface area contributed by atoms with Crippen LogP contribution in [-0.4, -0.2) is 25.0 Å². The van der Waals surface area contributed by atoms with Gasteiger partial charge in [0.25, 0.3) is 11.8 Å². The maximum atomic E-state index is 12.6. The molecule has 0 fully saturated rings. The standard InChI is InChI=1S/C23H20N2O5/c1-2-28-16-8-10-17(11-9-16)29-14-22(26)24-15-7-12-20-18(13-15)23(27)25-19-5-3-4-6-21(19)30-20/h3-13H,2,14H2,1H3,(H,24,26)(H,25,27). The molecule has 1 aliphatic rings. The molecule has 0 atom stereocenters. The van der Waals surface area contributed by atoms with Gasteiger partial charge in [0, 0.05) is 5.69 Å². The maximum absolute atomic E-state index is 12.6. The lowest BCUT2D eigenvalue weighted by Gasteiger charge is -2.11.